The fourth-order valence-electron chi connectivity index (χ4n) is 2.96. The van der Waals surface area contributed by atoms with E-state index in [0.29, 0.717) is 6.54 Å². The molecule has 0 radical (unpaired) electrons. The maximum atomic E-state index is 12.5. The molecule has 0 spiro atoms. The second-order valence-electron chi connectivity index (χ2n) is 6.38. The Hall–Kier alpha value is -2.67. The van der Waals surface area contributed by atoms with Crippen LogP contribution in [0.25, 0.3) is 6.08 Å². The minimum atomic E-state index is -0.751. The molecule has 3 atom stereocenters. The van der Waals surface area contributed by atoms with Crippen LogP contribution in [0.2, 0.25) is 0 Å². The first-order valence-corrected chi connectivity index (χ1v) is 8.63. The van der Waals surface area contributed by atoms with Crippen molar-refractivity contribution in [2.45, 2.75) is 38.5 Å². The van der Waals surface area contributed by atoms with Crippen LogP contribution in [0.3, 0.4) is 0 Å². The van der Waals surface area contributed by atoms with Crippen LogP contribution in [0.5, 0.6) is 0 Å². The third-order valence-corrected chi connectivity index (χ3v) is 4.16. The number of benzene rings is 1. The van der Waals surface area contributed by atoms with Gasteiger partial charge in [0.2, 0.25) is 17.7 Å². The van der Waals surface area contributed by atoms with Crippen LogP contribution in [-0.4, -0.2) is 59.0 Å². The Balaban J connectivity index is 1.92. The summed E-state index contributed by atoms with van der Waals surface area (Å²) in [5, 5.41) is 15.1. The number of aliphatic hydroxyl groups excluding tert-OH is 1. The highest BCUT2D eigenvalue weighted by Crippen LogP contribution is 2.19. The number of likely N-dealkylation sites (tertiary alicyclic amines) is 1. The number of hydrogen-bond donors (Lipinski definition) is 3. The molecule has 140 valence electrons. The van der Waals surface area contributed by atoms with Gasteiger partial charge in [0.1, 0.15) is 12.1 Å². The van der Waals surface area contributed by atoms with Crippen molar-refractivity contribution in [1.82, 2.24) is 15.5 Å². The largest absolute Gasteiger partial charge is 0.391 e. The number of hydrogen-bond acceptors (Lipinski definition) is 4. The Morgan fingerprint density at radius 3 is 2.65 bits per heavy atom. The number of β-amino-alcohol motifs (C(OH)–C–C–N with tert-alkyl or cyclic N) is 1. The summed E-state index contributed by atoms with van der Waals surface area (Å²) in [5.74, 6) is -1.02. The van der Waals surface area contributed by atoms with E-state index in [1.165, 1.54) is 11.8 Å². The van der Waals surface area contributed by atoms with Crippen molar-refractivity contribution in [2.75, 3.05) is 13.1 Å². The van der Waals surface area contributed by atoms with Crippen LogP contribution in [-0.2, 0) is 14.4 Å². The molecule has 1 fully saturated rings. The van der Waals surface area contributed by atoms with E-state index >= 15 is 0 Å². The fraction of sp³-hybridized carbons (Fsp3) is 0.421. The lowest BCUT2D eigenvalue weighted by atomic mass is 10.1. The molecular weight excluding hydrogens is 334 g/mol. The lowest BCUT2D eigenvalue weighted by Crippen LogP contribution is -2.52. The Morgan fingerprint density at radius 1 is 1.31 bits per heavy atom. The Kier molecular flexibility index (Phi) is 6.91. The Bertz CT molecular complexity index is 675. The van der Waals surface area contributed by atoms with Crippen molar-refractivity contribution in [3.8, 4) is 0 Å². The van der Waals surface area contributed by atoms with Gasteiger partial charge in [0.25, 0.3) is 0 Å². The second kappa shape index (κ2) is 9.15. The zero-order valence-electron chi connectivity index (χ0n) is 15.0. The van der Waals surface area contributed by atoms with Crippen molar-refractivity contribution in [3.05, 3.63) is 42.0 Å². The van der Waals surface area contributed by atoms with Gasteiger partial charge in [-0.3, -0.25) is 14.4 Å². The van der Waals surface area contributed by atoms with E-state index in [4.69, 9.17) is 0 Å². The highest BCUT2D eigenvalue weighted by molar-refractivity contribution is 5.92. The first-order valence-electron chi connectivity index (χ1n) is 8.63. The molecule has 0 saturated carbocycles. The molecule has 1 heterocycles. The van der Waals surface area contributed by atoms with Crippen molar-refractivity contribution in [1.29, 1.82) is 0 Å². The molecule has 1 aliphatic heterocycles. The molecule has 0 aromatic heterocycles. The summed E-state index contributed by atoms with van der Waals surface area (Å²) in [7, 11) is 0. The van der Waals surface area contributed by atoms with E-state index in [1.54, 1.807) is 6.92 Å². The summed E-state index contributed by atoms with van der Waals surface area (Å²) >= 11 is 0. The van der Waals surface area contributed by atoms with E-state index in [2.05, 4.69) is 10.6 Å². The monoisotopic (exact) mass is 359 g/mol. The molecule has 1 aromatic rings. The number of rotatable bonds is 6. The molecule has 0 bridgehead atoms. The van der Waals surface area contributed by atoms with Gasteiger partial charge in [0.15, 0.2) is 0 Å². The number of nitrogens with one attached hydrogen (secondary N) is 2. The second-order valence-corrected chi connectivity index (χ2v) is 6.38. The smallest absolute Gasteiger partial charge is 0.245 e. The third-order valence-electron chi connectivity index (χ3n) is 4.16. The fourth-order valence-corrected chi connectivity index (χ4v) is 2.96. The van der Waals surface area contributed by atoms with Crippen LogP contribution < -0.4 is 10.6 Å². The van der Waals surface area contributed by atoms with Crippen molar-refractivity contribution in [3.63, 3.8) is 0 Å². The summed E-state index contributed by atoms with van der Waals surface area (Å²) in [4.78, 5) is 37.3. The van der Waals surface area contributed by atoms with Crippen molar-refractivity contribution >= 4 is 23.8 Å². The van der Waals surface area contributed by atoms with Gasteiger partial charge < -0.3 is 20.6 Å². The molecule has 7 nitrogen and oxygen atoms in total. The van der Waals surface area contributed by atoms with E-state index in [9.17, 15) is 19.5 Å². The van der Waals surface area contributed by atoms with Gasteiger partial charge in [-0.2, -0.15) is 0 Å². The highest BCUT2D eigenvalue weighted by Gasteiger charge is 2.40. The van der Waals surface area contributed by atoms with Gasteiger partial charge in [0, 0.05) is 26.4 Å². The van der Waals surface area contributed by atoms with Crippen molar-refractivity contribution in [2.24, 2.45) is 0 Å². The molecule has 2 rings (SSSR count). The quantitative estimate of drug-likeness (QED) is 0.680. The number of aliphatic hydroxyl groups is 1. The number of carbonyl (C=O) groups is 3. The van der Waals surface area contributed by atoms with Crippen LogP contribution in [0.4, 0.5) is 0 Å². The molecule has 1 unspecified atom stereocenters. The lowest BCUT2D eigenvalue weighted by molar-refractivity contribution is -0.140. The van der Waals surface area contributed by atoms with E-state index < -0.39 is 18.2 Å². The lowest BCUT2D eigenvalue weighted by Gasteiger charge is -2.26. The molecule has 1 aliphatic rings. The third kappa shape index (κ3) is 5.42. The van der Waals surface area contributed by atoms with E-state index in [-0.39, 0.29) is 30.7 Å². The maximum Gasteiger partial charge on any atom is 0.245 e. The number of carbonyl (C=O) groups excluding carboxylic acids is 3. The molecule has 1 aromatic carbocycles. The SMILES string of the molecule is CC(=O)NC(C)C(=O)N1C[C@H](O)C[C@H]1C(=O)NCC=Cc1ccccc1. The average Bonchev–Trinajstić information content (AvgIpc) is 3.00. The van der Waals surface area contributed by atoms with Crippen LogP contribution in [0, 0.1) is 0 Å². The minimum absolute atomic E-state index is 0.0840. The van der Waals surface area contributed by atoms with Crippen LogP contribution >= 0.6 is 0 Å². The first kappa shape index (κ1) is 19.7. The minimum Gasteiger partial charge on any atom is -0.391 e. The average molecular weight is 359 g/mol. The van der Waals surface area contributed by atoms with Gasteiger partial charge in [0.05, 0.1) is 6.10 Å². The van der Waals surface area contributed by atoms with Crippen molar-refractivity contribution < 1.29 is 19.5 Å². The molecule has 3 amide bonds. The summed E-state index contributed by atoms with van der Waals surface area (Å²) < 4.78 is 0. The normalized spacial score (nSPS) is 20.8. The molecule has 3 N–H and O–H groups in total. The Labute approximate surface area is 153 Å². The molecule has 1 saturated heterocycles. The molecular formula is C19H25N3O4. The van der Waals surface area contributed by atoms with E-state index in [1.807, 2.05) is 42.5 Å². The highest BCUT2D eigenvalue weighted by atomic mass is 16.3. The predicted octanol–water partition coefficient (Wildman–Crippen LogP) is 0.302. The zero-order chi connectivity index (χ0) is 19.1. The van der Waals surface area contributed by atoms with Gasteiger partial charge >= 0.3 is 0 Å². The molecule has 7 heteroatoms. The van der Waals surface area contributed by atoms with Gasteiger partial charge in [-0.05, 0) is 12.5 Å². The summed E-state index contributed by atoms with van der Waals surface area (Å²) in [5.41, 5.74) is 1.03. The number of amides is 3. The van der Waals surface area contributed by atoms with Crippen LogP contribution in [0.15, 0.2) is 36.4 Å². The topological polar surface area (TPSA) is 98.7 Å². The zero-order valence-corrected chi connectivity index (χ0v) is 15.0. The first-order chi connectivity index (χ1) is 12.4. The van der Waals surface area contributed by atoms with Crippen LogP contribution in [0.1, 0.15) is 25.8 Å². The summed E-state index contributed by atoms with van der Waals surface area (Å²) in [6.45, 7) is 3.29. The van der Waals surface area contributed by atoms with Gasteiger partial charge in [-0.25, -0.2) is 0 Å². The number of nitrogens with zero attached hydrogens (tertiary/aromatic N) is 1. The summed E-state index contributed by atoms with van der Waals surface area (Å²) in [6.07, 6.45) is 3.15. The summed E-state index contributed by atoms with van der Waals surface area (Å²) in [6, 6.07) is 8.21. The molecule has 0 aliphatic carbocycles. The van der Waals surface area contributed by atoms with E-state index in [0.717, 1.165) is 5.56 Å². The standard InChI is InChI=1S/C19H25N3O4/c1-13(21-14(2)23)19(26)22-12-16(24)11-17(22)18(25)20-10-6-9-15-7-4-3-5-8-15/h3-9,13,16-17,24H,10-12H2,1-2H3,(H,20,25)(H,21,23)/t13?,16-,17+/m1/s1. The maximum absolute atomic E-state index is 12.5. The van der Waals surface area contributed by atoms with Gasteiger partial charge in [-0.15, -0.1) is 0 Å². The Morgan fingerprint density at radius 2 is 2.00 bits per heavy atom. The molecule has 26 heavy (non-hydrogen) atoms. The van der Waals surface area contributed by atoms with Gasteiger partial charge in [-0.1, -0.05) is 42.5 Å². The predicted molar refractivity (Wildman–Crippen MR) is 97.9 cm³/mol.